The molecule has 1 rings (SSSR count). The number of ether oxygens (including phenoxy) is 1. The monoisotopic (exact) mass is 272 g/mol. The number of rotatable bonds is 8. The number of benzene rings is 1. The molecule has 0 aliphatic rings. The Morgan fingerprint density at radius 1 is 1.28 bits per heavy atom. The first-order chi connectivity index (χ1) is 8.63. The van der Waals surface area contributed by atoms with Crippen LogP contribution in [0.15, 0.2) is 18.2 Å². The van der Waals surface area contributed by atoms with Gasteiger partial charge in [0.2, 0.25) is 0 Å². The first-order valence-electron chi connectivity index (χ1n) is 6.44. The van der Waals surface area contributed by atoms with Crippen molar-refractivity contribution in [3.8, 4) is 5.75 Å². The number of halogens is 1. The second kappa shape index (κ2) is 8.35. The van der Waals surface area contributed by atoms with Gasteiger partial charge in [-0.25, -0.2) is 0 Å². The Morgan fingerprint density at radius 2 is 2.06 bits per heavy atom. The summed E-state index contributed by atoms with van der Waals surface area (Å²) >= 11 is 5.89. The average Bonchev–Trinajstić information content (AvgIpc) is 2.31. The van der Waals surface area contributed by atoms with Gasteiger partial charge in [-0.1, -0.05) is 11.6 Å². The minimum absolute atomic E-state index is 0.256. The summed E-state index contributed by atoms with van der Waals surface area (Å²) < 4.78 is 5.72. The van der Waals surface area contributed by atoms with Crippen molar-refractivity contribution in [1.82, 2.24) is 0 Å². The second-order valence-corrected chi connectivity index (χ2v) is 5.08. The van der Waals surface area contributed by atoms with Gasteiger partial charge < -0.3 is 14.7 Å². The van der Waals surface area contributed by atoms with Gasteiger partial charge in [0.15, 0.2) is 0 Å². The topological polar surface area (TPSA) is 33.9 Å². The number of unbranched alkanes of at least 4 members (excludes halogenated alkanes) is 1. The number of aryl methyl sites for hydroxylation is 1. The molecule has 1 unspecified atom stereocenters. The van der Waals surface area contributed by atoms with E-state index in [-0.39, 0.29) is 6.61 Å². The van der Waals surface area contributed by atoms with Crippen LogP contribution >= 0.6 is 11.6 Å². The highest BCUT2D eigenvalue weighted by atomic mass is 35.5. The first kappa shape index (κ1) is 15.3. The molecule has 0 aliphatic carbocycles. The molecular formula is C14H23ClNO2+. The van der Waals surface area contributed by atoms with Crippen molar-refractivity contribution >= 4 is 11.6 Å². The van der Waals surface area contributed by atoms with Gasteiger partial charge in [-0.2, -0.15) is 0 Å². The Bertz CT molecular complexity index is 358. The maximum atomic E-state index is 8.78. The number of quaternary nitrogens is 1. The van der Waals surface area contributed by atoms with E-state index < -0.39 is 0 Å². The molecule has 0 aromatic heterocycles. The summed E-state index contributed by atoms with van der Waals surface area (Å²) in [4.78, 5) is 1.36. The Kier molecular flexibility index (Phi) is 7.09. The van der Waals surface area contributed by atoms with Crippen molar-refractivity contribution in [2.24, 2.45) is 0 Å². The molecule has 102 valence electrons. The minimum atomic E-state index is 0.256. The number of hydrogen-bond donors (Lipinski definition) is 2. The highest BCUT2D eigenvalue weighted by Gasteiger charge is 2.02. The fraction of sp³-hybridized carbons (Fsp3) is 0.571. The molecular weight excluding hydrogens is 250 g/mol. The summed E-state index contributed by atoms with van der Waals surface area (Å²) in [6.45, 7) is 4.88. The van der Waals surface area contributed by atoms with Crippen LogP contribution in [0, 0.1) is 6.92 Å². The summed E-state index contributed by atoms with van der Waals surface area (Å²) in [5.74, 6) is 0.912. The van der Waals surface area contributed by atoms with Crippen LogP contribution in [-0.2, 0) is 0 Å². The molecule has 0 spiro atoms. The van der Waals surface area contributed by atoms with E-state index in [1.807, 2.05) is 25.1 Å². The molecule has 2 N–H and O–H groups in total. The smallest absolute Gasteiger partial charge is 0.122 e. The lowest BCUT2D eigenvalue weighted by Crippen LogP contribution is -3.09. The van der Waals surface area contributed by atoms with Crippen molar-refractivity contribution in [1.29, 1.82) is 0 Å². The van der Waals surface area contributed by atoms with Gasteiger partial charge in [0.25, 0.3) is 0 Å². The molecule has 4 heteroatoms. The third kappa shape index (κ3) is 5.71. The zero-order valence-electron chi connectivity index (χ0n) is 11.2. The predicted molar refractivity (Wildman–Crippen MR) is 74.6 cm³/mol. The molecule has 0 bridgehead atoms. The highest BCUT2D eigenvalue weighted by Crippen LogP contribution is 2.21. The van der Waals surface area contributed by atoms with Crippen LogP contribution in [-0.4, -0.2) is 38.5 Å². The van der Waals surface area contributed by atoms with Gasteiger partial charge >= 0.3 is 0 Å². The zero-order chi connectivity index (χ0) is 13.4. The maximum absolute atomic E-state index is 8.78. The molecule has 0 saturated carbocycles. The molecule has 0 saturated heterocycles. The molecule has 0 amide bonds. The van der Waals surface area contributed by atoms with E-state index in [2.05, 4.69) is 7.05 Å². The highest BCUT2D eigenvalue weighted by molar-refractivity contribution is 6.30. The average molecular weight is 273 g/mol. The Hall–Kier alpha value is -0.770. The second-order valence-electron chi connectivity index (χ2n) is 4.65. The van der Waals surface area contributed by atoms with Gasteiger partial charge in [-0.3, -0.25) is 0 Å². The van der Waals surface area contributed by atoms with E-state index in [9.17, 15) is 0 Å². The van der Waals surface area contributed by atoms with Crippen molar-refractivity contribution < 1.29 is 14.7 Å². The van der Waals surface area contributed by atoms with E-state index in [1.165, 1.54) is 4.90 Å². The normalized spacial score (nSPS) is 12.4. The molecule has 1 aromatic carbocycles. The molecule has 3 nitrogen and oxygen atoms in total. The lowest BCUT2D eigenvalue weighted by atomic mass is 10.2. The van der Waals surface area contributed by atoms with Crippen molar-refractivity contribution in [3.63, 3.8) is 0 Å². The van der Waals surface area contributed by atoms with Crippen LogP contribution in [0.5, 0.6) is 5.75 Å². The van der Waals surface area contributed by atoms with E-state index in [0.717, 1.165) is 48.9 Å². The van der Waals surface area contributed by atoms with Crippen LogP contribution in [0.4, 0.5) is 0 Å². The van der Waals surface area contributed by atoms with E-state index in [1.54, 1.807) is 0 Å². The van der Waals surface area contributed by atoms with Gasteiger partial charge in [-0.15, -0.1) is 0 Å². The predicted octanol–water partition coefficient (Wildman–Crippen LogP) is 1.31. The van der Waals surface area contributed by atoms with Crippen molar-refractivity contribution in [2.45, 2.75) is 19.8 Å². The zero-order valence-corrected chi connectivity index (χ0v) is 12.0. The van der Waals surface area contributed by atoms with Crippen molar-refractivity contribution in [2.75, 3.05) is 33.4 Å². The third-order valence-electron chi connectivity index (χ3n) is 2.93. The van der Waals surface area contributed by atoms with Crippen LogP contribution in [0.3, 0.4) is 0 Å². The standard InChI is InChI=1S/C14H22ClNO2/c1-12-11-13(15)5-6-14(12)18-10-4-3-7-16(2)8-9-17/h5-6,11,17H,3-4,7-10H2,1-2H3/p+1. The minimum Gasteiger partial charge on any atom is -0.493 e. The maximum Gasteiger partial charge on any atom is 0.122 e. The van der Waals surface area contributed by atoms with Gasteiger partial charge in [0.05, 0.1) is 26.8 Å². The van der Waals surface area contributed by atoms with E-state index in [4.69, 9.17) is 21.4 Å². The molecule has 0 aliphatic heterocycles. The molecule has 1 atom stereocenters. The Balaban J connectivity index is 2.18. The lowest BCUT2D eigenvalue weighted by molar-refractivity contribution is -0.880. The molecule has 0 heterocycles. The lowest BCUT2D eigenvalue weighted by Gasteiger charge is -2.13. The third-order valence-corrected chi connectivity index (χ3v) is 3.17. The number of aliphatic hydroxyl groups is 1. The summed E-state index contributed by atoms with van der Waals surface area (Å²) in [5.41, 5.74) is 1.07. The van der Waals surface area contributed by atoms with Crippen LogP contribution < -0.4 is 9.64 Å². The van der Waals surface area contributed by atoms with Crippen LogP contribution in [0.25, 0.3) is 0 Å². The van der Waals surface area contributed by atoms with Gasteiger partial charge in [0.1, 0.15) is 12.3 Å². The SMILES string of the molecule is Cc1cc(Cl)ccc1OCCCC[NH+](C)CCO. The molecule has 0 fully saturated rings. The summed E-state index contributed by atoms with van der Waals surface area (Å²) in [6, 6.07) is 5.68. The van der Waals surface area contributed by atoms with Crippen molar-refractivity contribution in [3.05, 3.63) is 28.8 Å². The summed E-state index contributed by atoms with van der Waals surface area (Å²) in [5, 5.41) is 9.53. The summed E-state index contributed by atoms with van der Waals surface area (Å²) in [6.07, 6.45) is 2.14. The number of aliphatic hydroxyl groups excluding tert-OH is 1. The fourth-order valence-corrected chi connectivity index (χ4v) is 2.03. The number of likely N-dealkylation sites (N-methyl/N-ethyl adjacent to an activating group) is 1. The number of nitrogens with one attached hydrogen (secondary N) is 1. The largest absolute Gasteiger partial charge is 0.493 e. The number of hydrogen-bond acceptors (Lipinski definition) is 2. The fourth-order valence-electron chi connectivity index (χ4n) is 1.80. The van der Waals surface area contributed by atoms with Crippen LogP contribution in [0.1, 0.15) is 18.4 Å². The molecule has 18 heavy (non-hydrogen) atoms. The van der Waals surface area contributed by atoms with Gasteiger partial charge in [-0.05, 0) is 43.5 Å². The Labute approximate surface area is 114 Å². The van der Waals surface area contributed by atoms with Crippen LogP contribution in [0.2, 0.25) is 5.02 Å². The Morgan fingerprint density at radius 3 is 2.72 bits per heavy atom. The first-order valence-corrected chi connectivity index (χ1v) is 6.82. The van der Waals surface area contributed by atoms with E-state index >= 15 is 0 Å². The molecule has 0 radical (unpaired) electrons. The molecule has 1 aromatic rings. The van der Waals surface area contributed by atoms with E-state index in [0.29, 0.717) is 0 Å². The quantitative estimate of drug-likeness (QED) is 0.700. The summed E-state index contributed by atoms with van der Waals surface area (Å²) in [7, 11) is 2.10. The van der Waals surface area contributed by atoms with Gasteiger partial charge in [0, 0.05) is 5.02 Å².